The summed E-state index contributed by atoms with van der Waals surface area (Å²) >= 11 is 0. The zero-order chi connectivity index (χ0) is 20.3. The van der Waals surface area contributed by atoms with Crippen molar-refractivity contribution in [3.8, 4) is 11.1 Å². The van der Waals surface area contributed by atoms with Crippen LogP contribution in [0.5, 0.6) is 0 Å². The van der Waals surface area contributed by atoms with E-state index in [2.05, 4.69) is 58.0 Å². The monoisotopic (exact) mass is 471 g/mol. The topological polar surface area (TPSA) is 53.6 Å². The van der Waals surface area contributed by atoms with Crippen LogP contribution in [-0.4, -0.2) is 38.9 Å². The summed E-state index contributed by atoms with van der Waals surface area (Å²) in [7, 11) is 0. The van der Waals surface area contributed by atoms with Crippen LogP contribution in [0.4, 0.5) is 16.2 Å². The van der Waals surface area contributed by atoms with E-state index < -0.39 is 6.09 Å². The Morgan fingerprint density at radius 1 is 0.906 bits per heavy atom. The molecular weight excluding hydrogens is 445 g/mol. The first-order valence-electron chi connectivity index (χ1n) is 10.5. The van der Waals surface area contributed by atoms with E-state index in [0.717, 1.165) is 37.6 Å². The van der Waals surface area contributed by atoms with Gasteiger partial charge in [0.1, 0.15) is 6.61 Å². The molecule has 0 saturated carbocycles. The molecule has 3 aromatic rings. The molecule has 1 aliphatic carbocycles. The first kappa shape index (κ1) is 23.9. The molecule has 0 spiro atoms. The molecule has 2 aliphatic rings. The minimum Gasteiger partial charge on any atom is -0.448 e. The Morgan fingerprint density at radius 3 is 2.19 bits per heavy atom. The Kier molecular flexibility index (Phi) is 8.02. The minimum atomic E-state index is -0.422. The smallest absolute Gasteiger partial charge is 0.411 e. The summed E-state index contributed by atoms with van der Waals surface area (Å²) in [4.78, 5) is 14.8. The molecule has 7 heteroatoms. The number of nitrogens with one attached hydrogen (secondary N) is 2. The molecule has 1 saturated heterocycles. The summed E-state index contributed by atoms with van der Waals surface area (Å²) in [5.74, 6) is 0.0651. The predicted octanol–water partition coefficient (Wildman–Crippen LogP) is 5.30. The van der Waals surface area contributed by atoms with Crippen LogP contribution in [0, 0.1) is 0 Å². The molecule has 0 bridgehead atoms. The van der Waals surface area contributed by atoms with Crippen molar-refractivity contribution in [1.82, 2.24) is 5.32 Å². The molecule has 0 aromatic heterocycles. The number of halogens is 2. The molecule has 32 heavy (non-hydrogen) atoms. The van der Waals surface area contributed by atoms with Crippen LogP contribution in [0.25, 0.3) is 11.1 Å². The number of benzene rings is 3. The second-order valence-corrected chi connectivity index (χ2v) is 7.74. The lowest BCUT2D eigenvalue weighted by molar-refractivity contribution is 0.158. The van der Waals surface area contributed by atoms with Crippen LogP contribution in [0.1, 0.15) is 17.0 Å². The maximum absolute atomic E-state index is 12.5. The fraction of sp³-hybridized carbons (Fsp3) is 0.240. The molecule has 1 aliphatic heterocycles. The summed E-state index contributed by atoms with van der Waals surface area (Å²) < 4.78 is 5.66. The van der Waals surface area contributed by atoms with Gasteiger partial charge in [-0.15, -0.1) is 24.8 Å². The maximum Gasteiger partial charge on any atom is 0.411 e. The van der Waals surface area contributed by atoms with E-state index in [9.17, 15) is 4.79 Å². The Hall–Kier alpha value is -2.73. The Bertz CT molecular complexity index is 1020. The van der Waals surface area contributed by atoms with Crippen molar-refractivity contribution in [2.24, 2.45) is 0 Å². The second kappa shape index (κ2) is 10.7. The standard InChI is InChI=1S/C25H25N3O2.2ClH/c29-25(27-18-6-5-7-19(16-18)28-14-12-26-13-15-28)30-17-24-22-10-3-1-8-20(22)21-9-2-4-11-23(21)24;;/h1-11,16,24,26H,12-15,17H2,(H,27,29);2*1H. The molecule has 3 aromatic carbocycles. The SMILES string of the molecule is Cl.Cl.O=C(Nc1cccc(N2CCNCC2)c1)OCC1c2ccccc2-c2ccccc21. The maximum atomic E-state index is 12.5. The number of amides is 1. The number of hydrogen-bond acceptors (Lipinski definition) is 4. The Morgan fingerprint density at radius 2 is 1.53 bits per heavy atom. The number of piperazine rings is 1. The van der Waals surface area contributed by atoms with Gasteiger partial charge in [0, 0.05) is 43.5 Å². The van der Waals surface area contributed by atoms with Crippen molar-refractivity contribution in [3.63, 3.8) is 0 Å². The average molecular weight is 472 g/mol. The summed E-state index contributed by atoms with van der Waals surface area (Å²) in [6.07, 6.45) is -0.422. The summed E-state index contributed by atoms with van der Waals surface area (Å²) in [5, 5.41) is 6.25. The molecular formula is C25H27Cl2N3O2. The number of rotatable bonds is 4. The van der Waals surface area contributed by atoms with Gasteiger partial charge in [-0.25, -0.2) is 4.79 Å². The molecule has 5 rings (SSSR count). The van der Waals surface area contributed by atoms with Crippen LogP contribution in [0.2, 0.25) is 0 Å². The van der Waals surface area contributed by atoms with Crippen LogP contribution >= 0.6 is 24.8 Å². The first-order chi connectivity index (χ1) is 14.8. The van der Waals surface area contributed by atoms with E-state index in [1.165, 1.54) is 22.3 Å². The van der Waals surface area contributed by atoms with Crippen molar-refractivity contribution in [2.75, 3.05) is 43.0 Å². The second-order valence-electron chi connectivity index (χ2n) is 7.74. The highest BCUT2D eigenvalue weighted by Crippen LogP contribution is 2.44. The van der Waals surface area contributed by atoms with Crippen molar-refractivity contribution in [3.05, 3.63) is 83.9 Å². The quantitative estimate of drug-likeness (QED) is 0.541. The van der Waals surface area contributed by atoms with Crippen LogP contribution in [-0.2, 0) is 4.74 Å². The molecule has 0 atom stereocenters. The summed E-state index contributed by atoms with van der Waals surface area (Å²) in [5.41, 5.74) is 6.76. The fourth-order valence-corrected chi connectivity index (χ4v) is 4.46. The Labute approximate surface area is 201 Å². The number of carbonyl (C=O) groups is 1. The molecule has 2 N–H and O–H groups in total. The number of carbonyl (C=O) groups excluding carboxylic acids is 1. The lowest BCUT2D eigenvalue weighted by Gasteiger charge is -2.29. The van der Waals surface area contributed by atoms with Gasteiger partial charge < -0.3 is 15.0 Å². The average Bonchev–Trinajstić information content (AvgIpc) is 3.12. The van der Waals surface area contributed by atoms with Crippen molar-refractivity contribution < 1.29 is 9.53 Å². The number of hydrogen-bond donors (Lipinski definition) is 2. The van der Waals surface area contributed by atoms with Gasteiger partial charge in [0.2, 0.25) is 0 Å². The van der Waals surface area contributed by atoms with Crippen LogP contribution in [0.15, 0.2) is 72.8 Å². The molecule has 1 fully saturated rings. The number of nitrogens with zero attached hydrogens (tertiary/aromatic N) is 1. The van der Waals surface area contributed by atoms with Gasteiger partial charge in [-0.05, 0) is 40.5 Å². The highest BCUT2D eigenvalue weighted by molar-refractivity contribution is 5.86. The lowest BCUT2D eigenvalue weighted by atomic mass is 9.98. The molecule has 1 amide bonds. The van der Waals surface area contributed by atoms with E-state index in [1.807, 2.05) is 30.3 Å². The fourth-order valence-electron chi connectivity index (χ4n) is 4.46. The zero-order valence-electron chi connectivity index (χ0n) is 17.6. The van der Waals surface area contributed by atoms with Gasteiger partial charge in [-0.2, -0.15) is 0 Å². The largest absolute Gasteiger partial charge is 0.448 e. The highest BCUT2D eigenvalue weighted by atomic mass is 35.5. The number of ether oxygens (including phenoxy) is 1. The summed E-state index contributed by atoms with van der Waals surface area (Å²) in [6.45, 7) is 4.20. The van der Waals surface area contributed by atoms with Crippen molar-refractivity contribution >= 4 is 42.3 Å². The first-order valence-corrected chi connectivity index (χ1v) is 10.5. The summed E-state index contributed by atoms with van der Waals surface area (Å²) in [6, 6.07) is 24.7. The van der Waals surface area contributed by atoms with E-state index in [1.54, 1.807) is 0 Å². The van der Waals surface area contributed by atoms with E-state index in [4.69, 9.17) is 4.74 Å². The van der Waals surface area contributed by atoms with Gasteiger partial charge >= 0.3 is 6.09 Å². The Balaban J connectivity index is 0.00000144. The van der Waals surface area contributed by atoms with Crippen LogP contribution < -0.4 is 15.5 Å². The molecule has 1 heterocycles. The van der Waals surface area contributed by atoms with E-state index in [-0.39, 0.29) is 30.7 Å². The van der Waals surface area contributed by atoms with Gasteiger partial charge in [0.15, 0.2) is 0 Å². The number of fused-ring (bicyclic) bond motifs is 3. The van der Waals surface area contributed by atoms with E-state index >= 15 is 0 Å². The normalized spacial score (nSPS) is 14.4. The lowest BCUT2D eigenvalue weighted by Crippen LogP contribution is -2.43. The van der Waals surface area contributed by atoms with Gasteiger partial charge in [-0.3, -0.25) is 5.32 Å². The van der Waals surface area contributed by atoms with E-state index in [0.29, 0.717) is 6.61 Å². The molecule has 0 unspecified atom stereocenters. The third-order valence-corrected chi connectivity index (χ3v) is 5.92. The third-order valence-electron chi connectivity index (χ3n) is 5.92. The highest BCUT2D eigenvalue weighted by Gasteiger charge is 2.29. The molecule has 5 nitrogen and oxygen atoms in total. The van der Waals surface area contributed by atoms with Gasteiger partial charge in [0.05, 0.1) is 0 Å². The molecule has 168 valence electrons. The van der Waals surface area contributed by atoms with Gasteiger partial charge in [0.25, 0.3) is 0 Å². The van der Waals surface area contributed by atoms with Crippen molar-refractivity contribution in [1.29, 1.82) is 0 Å². The van der Waals surface area contributed by atoms with Gasteiger partial charge in [-0.1, -0.05) is 54.6 Å². The third kappa shape index (κ3) is 4.85. The van der Waals surface area contributed by atoms with Crippen molar-refractivity contribution in [2.45, 2.75) is 5.92 Å². The number of anilines is 2. The minimum absolute atomic E-state index is 0. The van der Waals surface area contributed by atoms with Crippen LogP contribution in [0.3, 0.4) is 0 Å². The predicted molar refractivity (Wildman–Crippen MR) is 135 cm³/mol. The molecule has 0 radical (unpaired) electrons. The zero-order valence-corrected chi connectivity index (χ0v) is 19.3.